The van der Waals surface area contributed by atoms with Gasteiger partial charge in [-0.15, -0.1) is 11.8 Å². The van der Waals surface area contributed by atoms with E-state index in [1.54, 1.807) is 0 Å². The van der Waals surface area contributed by atoms with E-state index in [4.69, 9.17) is 5.73 Å². The Morgan fingerprint density at radius 2 is 2.15 bits per heavy atom. The predicted molar refractivity (Wildman–Crippen MR) is 63.0 cm³/mol. The third kappa shape index (κ3) is 3.33. The van der Waals surface area contributed by atoms with Crippen molar-refractivity contribution in [3.63, 3.8) is 0 Å². The second-order valence-electron chi connectivity index (χ2n) is 3.14. The standard InChI is InChI=1S/C10H14BrNS/c1-7(2)13-10-4-3-8(6-12)5-9(10)11/h3-5,7H,6,12H2,1-2H3. The molecule has 0 heterocycles. The number of rotatable bonds is 3. The summed E-state index contributed by atoms with van der Waals surface area (Å²) in [6.45, 7) is 4.98. The lowest BCUT2D eigenvalue weighted by atomic mass is 10.2. The summed E-state index contributed by atoms with van der Waals surface area (Å²) < 4.78 is 1.15. The van der Waals surface area contributed by atoms with Gasteiger partial charge in [0.1, 0.15) is 0 Å². The molecule has 0 radical (unpaired) electrons. The van der Waals surface area contributed by atoms with Crippen LogP contribution in [0.4, 0.5) is 0 Å². The van der Waals surface area contributed by atoms with Gasteiger partial charge in [-0.25, -0.2) is 0 Å². The highest BCUT2D eigenvalue weighted by molar-refractivity contribution is 9.10. The van der Waals surface area contributed by atoms with Crippen LogP contribution in [0.25, 0.3) is 0 Å². The molecule has 13 heavy (non-hydrogen) atoms. The van der Waals surface area contributed by atoms with Gasteiger partial charge in [-0.05, 0) is 33.6 Å². The zero-order valence-corrected chi connectivity index (χ0v) is 10.3. The fourth-order valence-electron chi connectivity index (χ4n) is 1.02. The van der Waals surface area contributed by atoms with Crippen LogP contribution in [0, 0.1) is 0 Å². The van der Waals surface area contributed by atoms with Crippen LogP contribution in [0.3, 0.4) is 0 Å². The highest BCUT2D eigenvalue weighted by Gasteiger charge is 2.03. The summed E-state index contributed by atoms with van der Waals surface area (Å²) in [5.74, 6) is 0. The van der Waals surface area contributed by atoms with Crippen LogP contribution in [0.2, 0.25) is 0 Å². The van der Waals surface area contributed by atoms with Crippen molar-refractivity contribution in [3.05, 3.63) is 28.2 Å². The maximum atomic E-state index is 5.54. The molecule has 0 aliphatic heterocycles. The minimum atomic E-state index is 0.602. The van der Waals surface area contributed by atoms with Crippen LogP contribution < -0.4 is 5.73 Å². The average Bonchev–Trinajstić information content (AvgIpc) is 2.08. The Hall–Kier alpha value is 0.01000. The lowest BCUT2D eigenvalue weighted by Crippen LogP contribution is -1.96. The molecular formula is C10H14BrNS. The lowest BCUT2D eigenvalue weighted by molar-refractivity contribution is 1.06. The van der Waals surface area contributed by atoms with Crippen LogP contribution in [-0.4, -0.2) is 5.25 Å². The van der Waals surface area contributed by atoms with Gasteiger partial charge in [0.05, 0.1) is 0 Å². The SMILES string of the molecule is CC(C)Sc1ccc(CN)cc1Br. The van der Waals surface area contributed by atoms with Gasteiger partial charge in [-0.3, -0.25) is 0 Å². The maximum Gasteiger partial charge on any atom is 0.0314 e. The van der Waals surface area contributed by atoms with E-state index in [1.165, 1.54) is 10.5 Å². The minimum absolute atomic E-state index is 0.602. The summed E-state index contributed by atoms with van der Waals surface area (Å²) in [4.78, 5) is 1.28. The molecule has 1 aromatic carbocycles. The number of benzene rings is 1. The highest BCUT2D eigenvalue weighted by Crippen LogP contribution is 2.30. The number of hydrogen-bond acceptors (Lipinski definition) is 2. The van der Waals surface area contributed by atoms with Crippen molar-refractivity contribution in [2.45, 2.75) is 30.5 Å². The van der Waals surface area contributed by atoms with Gasteiger partial charge >= 0.3 is 0 Å². The minimum Gasteiger partial charge on any atom is -0.326 e. The molecule has 3 heteroatoms. The first-order valence-electron chi connectivity index (χ1n) is 4.28. The van der Waals surface area contributed by atoms with Gasteiger partial charge in [0.25, 0.3) is 0 Å². The molecule has 0 amide bonds. The smallest absolute Gasteiger partial charge is 0.0314 e. The van der Waals surface area contributed by atoms with Gasteiger partial charge in [-0.1, -0.05) is 19.9 Å². The van der Waals surface area contributed by atoms with Gasteiger partial charge < -0.3 is 5.73 Å². The molecule has 0 aliphatic carbocycles. The second kappa shape index (κ2) is 5.03. The van der Waals surface area contributed by atoms with Gasteiger partial charge in [0.15, 0.2) is 0 Å². The van der Waals surface area contributed by atoms with E-state index in [-0.39, 0.29) is 0 Å². The van der Waals surface area contributed by atoms with E-state index in [0.29, 0.717) is 11.8 Å². The van der Waals surface area contributed by atoms with E-state index in [2.05, 4.69) is 48.0 Å². The molecule has 0 fully saturated rings. The Morgan fingerprint density at radius 1 is 1.46 bits per heavy atom. The van der Waals surface area contributed by atoms with Crippen molar-refractivity contribution in [1.82, 2.24) is 0 Å². The zero-order valence-electron chi connectivity index (χ0n) is 7.88. The summed E-state index contributed by atoms with van der Waals surface area (Å²) in [6, 6.07) is 6.29. The fourth-order valence-corrected chi connectivity index (χ4v) is 2.55. The normalized spacial score (nSPS) is 10.8. The average molecular weight is 260 g/mol. The predicted octanol–water partition coefficient (Wildman–Crippen LogP) is 3.41. The van der Waals surface area contributed by atoms with Crippen LogP contribution in [0.15, 0.2) is 27.6 Å². The Balaban J connectivity index is 2.85. The zero-order chi connectivity index (χ0) is 9.84. The van der Waals surface area contributed by atoms with Crippen LogP contribution >= 0.6 is 27.7 Å². The fraction of sp³-hybridized carbons (Fsp3) is 0.400. The van der Waals surface area contributed by atoms with Gasteiger partial charge in [0, 0.05) is 21.2 Å². The maximum absolute atomic E-state index is 5.54. The van der Waals surface area contributed by atoms with Crippen LogP contribution in [0.1, 0.15) is 19.4 Å². The number of hydrogen-bond donors (Lipinski definition) is 1. The molecular weight excluding hydrogens is 246 g/mol. The molecule has 0 bridgehead atoms. The van der Waals surface area contributed by atoms with Crippen molar-refractivity contribution in [3.8, 4) is 0 Å². The van der Waals surface area contributed by atoms with Crippen molar-refractivity contribution < 1.29 is 0 Å². The van der Waals surface area contributed by atoms with E-state index in [1.807, 2.05) is 11.8 Å². The van der Waals surface area contributed by atoms with E-state index in [9.17, 15) is 0 Å². The molecule has 0 atom stereocenters. The summed E-state index contributed by atoms with van der Waals surface area (Å²) in [6.07, 6.45) is 0. The number of halogens is 1. The highest BCUT2D eigenvalue weighted by atomic mass is 79.9. The third-order valence-corrected chi connectivity index (χ3v) is 3.59. The summed E-state index contributed by atoms with van der Waals surface area (Å²) in [5.41, 5.74) is 6.71. The quantitative estimate of drug-likeness (QED) is 0.843. The molecule has 1 nitrogen and oxygen atoms in total. The van der Waals surface area contributed by atoms with Crippen LogP contribution in [-0.2, 0) is 6.54 Å². The molecule has 0 aliphatic rings. The molecule has 2 N–H and O–H groups in total. The lowest BCUT2D eigenvalue weighted by Gasteiger charge is -2.08. The molecule has 0 aromatic heterocycles. The van der Waals surface area contributed by atoms with Gasteiger partial charge in [-0.2, -0.15) is 0 Å². The molecule has 0 saturated carbocycles. The summed E-state index contributed by atoms with van der Waals surface area (Å²) >= 11 is 5.40. The summed E-state index contributed by atoms with van der Waals surface area (Å²) in [7, 11) is 0. The first-order chi connectivity index (χ1) is 6.13. The third-order valence-electron chi connectivity index (χ3n) is 1.59. The van der Waals surface area contributed by atoms with E-state index < -0.39 is 0 Å². The Kier molecular flexibility index (Phi) is 4.29. The molecule has 1 aromatic rings. The Morgan fingerprint density at radius 3 is 2.62 bits per heavy atom. The Bertz CT molecular complexity index is 286. The summed E-state index contributed by atoms with van der Waals surface area (Å²) in [5, 5.41) is 0.611. The first kappa shape index (κ1) is 11.1. The van der Waals surface area contributed by atoms with E-state index >= 15 is 0 Å². The monoisotopic (exact) mass is 259 g/mol. The number of thioether (sulfide) groups is 1. The van der Waals surface area contributed by atoms with Crippen molar-refractivity contribution in [1.29, 1.82) is 0 Å². The molecule has 0 spiro atoms. The van der Waals surface area contributed by atoms with Crippen LogP contribution in [0.5, 0.6) is 0 Å². The van der Waals surface area contributed by atoms with Crippen molar-refractivity contribution in [2.75, 3.05) is 0 Å². The molecule has 72 valence electrons. The first-order valence-corrected chi connectivity index (χ1v) is 5.96. The largest absolute Gasteiger partial charge is 0.326 e. The van der Waals surface area contributed by atoms with Crippen molar-refractivity contribution >= 4 is 27.7 Å². The molecule has 0 saturated heterocycles. The van der Waals surface area contributed by atoms with E-state index in [0.717, 1.165) is 4.47 Å². The van der Waals surface area contributed by atoms with Gasteiger partial charge in [0.2, 0.25) is 0 Å². The number of nitrogens with two attached hydrogens (primary N) is 1. The topological polar surface area (TPSA) is 26.0 Å². The molecule has 1 rings (SSSR count). The second-order valence-corrected chi connectivity index (χ2v) is 5.61. The molecule has 0 unspecified atom stereocenters. The van der Waals surface area contributed by atoms with Crippen molar-refractivity contribution in [2.24, 2.45) is 5.73 Å². The Labute approximate surface area is 92.2 Å².